The first-order valence-corrected chi connectivity index (χ1v) is 10.4. The van der Waals surface area contributed by atoms with Gasteiger partial charge in [-0.15, -0.1) is 0 Å². The molecule has 0 amide bonds. The van der Waals surface area contributed by atoms with Gasteiger partial charge in [0.15, 0.2) is 0 Å². The molecule has 1 aliphatic rings. The van der Waals surface area contributed by atoms with Crippen molar-refractivity contribution in [3.8, 4) is 0 Å². The van der Waals surface area contributed by atoms with E-state index in [9.17, 15) is 26.7 Å². The number of piperidine rings is 1. The van der Waals surface area contributed by atoms with E-state index in [1.807, 2.05) is 6.92 Å². The van der Waals surface area contributed by atoms with Crippen LogP contribution in [0.2, 0.25) is 5.02 Å². The van der Waals surface area contributed by atoms with Gasteiger partial charge in [-0.25, -0.2) is 8.42 Å². The highest BCUT2D eigenvalue weighted by atomic mass is 35.5. The Balaban J connectivity index is 1.82. The molecule has 0 aliphatic carbocycles. The molecule has 28 heavy (non-hydrogen) atoms. The topological polar surface area (TPSA) is 57.6 Å². The molecule has 1 N–H and O–H groups in total. The predicted octanol–water partition coefficient (Wildman–Crippen LogP) is 4.34. The summed E-state index contributed by atoms with van der Waals surface area (Å²) in [5.74, 6) is 0. The molecule has 0 aromatic heterocycles. The summed E-state index contributed by atoms with van der Waals surface area (Å²) in [4.78, 5) is 0.148. The first-order chi connectivity index (χ1) is 12.9. The number of hydrogen-bond donors (Lipinski definition) is 1. The van der Waals surface area contributed by atoms with Crippen molar-refractivity contribution in [1.29, 1.82) is 0 Å². The van der Waals surface area contributed by atoms with Crippen LogP contribution in [0.25, 0.3) is 0 Å². The number of aliphatic hydroxyl groups is 1. The Labute approximate surface area is 166 Å². The highest BCUT2D eigenvalue weighted by Gasteiger charge is 2.40. The van der Waals surface area contributed by atoms with Crippen molar-refractivity contribution in [2.75, 3.05) is 13.1 Å². The van der Waals surface area contributed by atoms with Crippen LogP contribution in [0.15, 0.2) is 47.4 Å². The second-order valence-corrected chi connectivity index (χ2v) is 9.29. The Bertz CT molecular complexity index is 967. The summed E-state index contributed by atoms with van der Waals surface area (Å²) >= 11 is 5.64. The fraction of sp³-hybridized carbons (Fsp3) is 0.368. The zero-order valence-corrected chi connectivity index (χ0v) is 16.6. The lowest BCUT2D eigenvalue weighted by Crippen LogP contribution is -2.45. The Hall–Kier alpha value is -1.61. The Kier molecular flexibility index (Phi) is 5.53. The maximum Gasteiger partial charge on any atom is 0.417 e. The van der Waals surface area contributed by atoms with Gasteiger partial charge in [-0.3, -0.25) is 0 Å². The minimum atomic E-state index is -4.64. The number of benzene rings is 2. The molecule has 152 valence electrons. The van der Waals surface area contributed by atoms with E-state index in [0.29, 0.717) is 0 Å². The van der Waals surface area contributed by atoms with Crippen LogP contribution in [0.4, 0.5) is 13.2 Å². The Morgan fingerprint density at radius 2 is 1.64 bits per heavy atom. The van der Waals surface area contributed by atoms with E-state index in [-0.39, 0.29) is 36.4 Å². The third-order valence-corrected chi connectivity index (χ3v) is 7.26. The van der Waals surface area contributed by atoms with Crippen LogP contribution in [-0.2, 0) is 21.8 Å². The number of aryl methyl sites for hydroxylation is 1. The molecule has 1 fully saturated rings. The average Bonchev–Trinajstić information content (AvgIpc) is 2.61. The van der Waals surface area contributed by atoms with Crippen molar-refractivity contribution < 1.29 is 26.7 Å². The van der Waals surface area contributed by atoms with Gasteiger partial charge in [0.1, 0.15) is 0 Å². The standard InChI is InChI=1S/C19H19ClF3NO3S/c1-13-2-5-15(6-3-13)28(26,27)24-10-8-18(25,9-11-24)14-4-7-17(20)16(12-14)19(21,22)23/h2-7,12,25H,8-11H2,1H3. The van der Waals surface area contributed by atoms with Crippen LogP contribution in [0, 0.1) is 6.92 Å². The molecule has 2 aromatic rings. The minimum Gasteiger partial charge on any atom is -0.385 e. The summed E-state index contributed by atoms with van der Waals surface area (Å²) in [5.41, 5.74) is -1.56. The van der Waals surface area contributed by atoms with Crippen molar-refractivity contribution in [1.82, 2.24) is 4.31 Å². The minimum absolute atomic E-state index is 0.00329. The van der Waals surface area contributed by atoms with Gasteiger partial charge >= 0.3 is 6.18 Å². The molecule has 0 atom stereocenters. The van der Waals surface area contributed by atoms with E-state index in [1.54, 1.807) is 12.1 Å². The second-order valence-electron chi connectivity index (χ2n) is 6.94. The van der Waals surface area contributed by atoms with Gasteiger partial charge in [-0.1, -0.05) is 35.4 Å². The molecular formula is C19H19ClF3NO3S. The molecule has 1 saturated heterocycles. The van der Waals surface area contributed by atoms with E-state index in [1.165, 1.54) is 22.5 Å². The van der Waals surface area contributed by atoms with E-state index in [0.717, 1.165) is 17.7 Å². The van der Waals surface area contributed by atoms with Crippen LogP contribution in [0.3, 0.4) is 0 Å². The number of alkyl halides is 3. The van der Waals surface area contributed by atoms with Gasteiger partial charge in [-0.05, 0) is 49.6 Å². The average molecular weight is 434 g/mol. The molecule has 0 saturated carbocycles. The predicted molar refractivity (Wildman–Crippen MR) is 99.5 cm³/mol. The maximum atomic E-state index is 13.1. The zero-order valence-electron chi connectivity index (χ0n) is 15.0. The summed E-state index contributed by atoms with van der Waals surface area (Å²) in [5, 5.41) is 10.4. The fourth-order valence-electron chi connectivity index (χ4n) is 3.28. The van der Waals surface area contributed by atoms with Crippen LogP contribution in [0.1, 0.15) is 29.5 Å². The zero-order chi connectivity index (χ0) is 20.7. The molecule has 0 unspecified atom stereocenters. The number of sulfonamides is 1. The quantitative estimate of drug-likeness (QED) is 0.783. The summed E-state index contributed by atoms with van der Waals surface area (Å²) in [6.45, 7) is 1.84. The first kappa shape index (κ1) is 21.1. The van der Waals surface area contributed by atoms with Crippen LogP contribution in [0.5, 0.6) is 0 Å². The molecular weight excluding hydrogens is 415 g/mol. The maximum absolute atomic E-state index is 13.1. The van der Waals surface area contributed by atoms with Gasteiger partial charge in [0.05, 0.1) is 21.1 Å². The molecule has 3 rings (SSSR count). The number of rotatable bonds is 3. The lowest BCUT2D eigenvalue weighted by molar-refractivity contribution is -0.137. The summed E-state index contributed by atoms with van der Waals surface area (Å²) in [6, 6.07) is 9.71. The normalized spacial score (nSPS) is 18.2. The van der Waals surface area contributed by atoms with E-state index in [2.05, 4.69) is 0 Å². The molecule has 0 spiro atoms. The summed E-state index contributed by atoms with van der Waals surface area (Å²) in [7, 11) is -3.73. The van der Waals surface area contributed by atoms with Gasteiger partial charge < -0.3 is 5.11 Å². The van der Waals surface area contributed by atoms with E-state index < -0.39 is 32.4 Å². The number of halogens is 4. The SMILES string of the molecule is Cc1ccc(S(=O)(=O)N2CCC(O)(c3ccc(Cl)c(C(F)(F)F)c3)CC2)cc1. The molecule has 2 aromatic carbocycles. The molecule has 0 radical (unpaired) electrons. The van der Waals surface area contributed by atoms with Crippen LogP contribution < -0.4 is 0 Å². The van der Waals surface area contributed by atoms with Gasteiger partial charge in [-0.2, -0.15) is 17.5 Å². The summed E-state index contributed by atoms with van der Waals surface area (Å²) < 4.78 is 66.1. The molecule has 0 bridgehead atoms. The van der Waals surface area contributed by atoms with Crippen molar-refractivity contribution in [2.45, 2.75) is 36.4 Å². The molecule has 9 heteroatoms. The van der Waals surface area contributed by atoms with Gasteiger partial charge in [0, 0.05) is 13.1 Å². The lowest BCUT2D eigenvalue weighted by atomic mass is 9.84. The number of hydrogen-bond acceptors (Lipinski definition) is 3. The third kappa shape index (κ3) is 4.05. The Morgan fingerprint density at radius 3 is 2.18 bits per heavy atom. The van der Waals surface area contributed by atoms with E-state index >= 15 is 0 Å². The monoisotopic (exact) mass is 433 g/mol. The second kappa shape index (κ2) is 7.33. The van der Waals surface area contributed by atoms with Gasteiger partial charge in [0.2, 0.25) is 10.0 Å². The van der Waals surface area contributed by atoms with Gasteiger partial charge in [0.25, 0.3) is 0 Å². The fourth-order valence-corrected chi connectivity index (χ4v) is 4.94. The van der Waals surface area contributed by atoms with Crippen molar-refractivity contribution in [3.63, 3.8) is 0 Å². The third-order valence-electron chi connectivity index (χ3n) is 5.02. The van der Waals surface area contributed by atoms with Crippen LogP contribution in [-0.4, -0.2) is 30.9 Å². The lowest BCUT2D eigenvalue weighted by Gasteiger charge is -2.38. The summed E-state index contributed by atoms with van der Waals surface area (Å²) in [6.07, 6.45) is -4.67. The van der Waals surface area contributed by atoms with Crippen molar-refractivity contribution in [2.24, 2.45) is 0 Å². The first-order valence-electron chi connectivity index (χ1n) is 8.60. The van der Waals surface area contributed by atoms with Crippen molar-refractivity contribution >= 4 is 21.6 Å². The highest BCUT2D eigenvalue weighted by Crippen LogP contribution is 2.40. The molecule has 4 nitrogen and oxygen atoms in total. The van der Waals surface area contributed by atoms with Crippen LogP contribution >= 0.6 is 11.6 Å². The molecule has 1 heterocycles. The van der Waals surface area contributed by atoms with Crippen molar-refractivity contribution in [3.05, 3.63) is 64.2 Å². The Morgan fingerprint density at radius 1 is 1.07 bits per heavy atom. The molecule has 1 aliphatic heterocycles. The highest BCUT2D eigenvalue weighted by molar-refractivity contribution is 7.89. The number of nitrogens with zero attached hydrogens (tertiary/aromatic N) is 1. The van der Waals surface area contributed by atoms with E-state index in [4.69, 9.17) is 11.6 Å². The largest absolute Gasteiger partial charge is 0.417 e. The smallest absolute Gasteiger partial charge is 0.385 e.